The van der Waals surface area contributed by atoms with Gasteiger partial charge in [0.15, 0.2) is 0 Å². The molecule has 1 aliphatic carbocycles. The second-order valence-corrected chi connectivity index (χ2v) is 9.98. The van der Waals surface area contributed by atoms with Crippen molar-refractivity contribution in [2.24, 2.45) is 5.10 Å². The number of fused-ring (bicyclic) bond motifs is 1. The van der Waals surface area contributed by atoms with Crippen molar-refractivity contribution < 1.29 is 33.6 Å². The lowest BCUT2D eigenvalue weighted by molar-refractivity contribution is -0.384. The normalized spacial score (nSPS) is 12.6. The van der Waals surface area contributed by atoms with Crippen molar-refractivity contribution in [1.29, 1.82) is 0 Å². The third kappa shape index (κ3) is 7.19. The van der Waals surface area contributed by atoms with E-state index in [4.69, 9.17) is 9.47 Å². The molecular formula is C28H26N4O8S. The summed E-state index contributed by atoms with van der Waals surface area (Å²) in [5.41, 5.74) is 3.53. The van der Waals surface area contributed by atoms with Crippen LogP contribution in [0.4, 0.5) is 10.7 Å². The van der Waals surface area contributed by atoms with E-state index in [-0.39, 0.29) is 28.6 Å². The molecule has 13 heteroatoms. The van der Waals surface area contributed by atoms with Crippen LogP contribution in [0.25, 0.3) is 0 Å². The molecule has 212 valence electrons. The van der Waals surface area contributed by atoms with Crippen LogP contribution < -0.4 is 15.5 Å². The number of non-ortho nitro benzene ring substituents is 1. The number of hydrogen-bond donors (Lipinski definition) is 2. The van der Waals surface area contributed by atoms with Crippen molar-refractivity contribution in [1.82, 2.24) is 5.43 Å². The number of esters is 2. The monoisotopic (exact) mass is 578 g/mol. The maximum absolute atomic E-state index is 12.7. The van der Waals surface area contributed by atoms with Gasteiger partial charge in [0.05, 0.1) is 28.9 Å². The Morgan fingerprint density at radius 2 is 1.73 bits per heavy atom. The molecule has 0 unspecified atom stereocenters. The number of nitrogens with one attached hydrogen (secondary N) is 2. The van der Waals surface area contributed by atoms with Crippen molar-refractivity contribution in [3.05, 3.63) is 85.8 Å². The first kappa shape index (κ1) is 29.1. The summed E-state index contributed by atoms with van der Waals surface area (Å²) in [5, 5.41) is 17.4. The Bertz CT molecular complexity index is 1510. The summed E-state index contributed by atoms with van der Waals surface area (Å²) < 4.78 is 10.6. The molecule has 1 heterocycles. The summed E-state index contributed by atoms with van der Waals surface area (Å²) in [6.45, 7) is 1.87. The van der Waals surface area contributed by atoms with E-state index < -0.39 is 28.7 Å². The second kappa shape index (κ2) is 13.4. The zero-order chi connectivity index (χ0) is 29.4. The smallest absolute Gasteiger partial charge is 0.343 e. The van der Waals surface area contributed by atoms with Crippen molar-refractivity contribution in [2.75, 3.05) is 11.9 Å². The van der Waals surface area contributed by atoms with E-state index in [1.54, 1.807) is 25.1 Å². The minimum Gasteiger partial charge on any atom is -0.462 e. The van der Waals surface area contributed by atoms with Gasteiger partial charge in [0.25, 0.3) is 5.69 Å². The predicted molar refractivity (Wildman–Crippen MR) is 150 cm³/mol. The molecule has 0 aliphatic heterocycles. The van der Waals surface area contributed by atoms with Gasteiger partial charge in [0, 0.05) is 22.6 Å². The van der Waals surface area contributed by atoms with Gasteiger partial charge in [-0.3, -0.25) is 19.7 Å². The molecule has 1 aliphatic rings. The van der Waals surface area contributed by atoms with E-state index in [1.807, 2.05) is 0 Å². The average molecular weight is 579 g/mol. The molecule has 0 atom stereocenters. The number of ether oxygens (including phenoxy) is 2. The highest BCUT2D eigenvalue weighted by Crippen LogP contribution is 2.38. The van der Waals surface area contributed by atoms with Gasteiger partial charge >= 0.3 is 23.8 Å². The van der Waals surface area contributed by atoms with E-state index in [0.717, 1.165) is 36.1 Å². The minimum absolute atomic E-state index is 0.0976. The summed E-state index contributed by atoms with van der Waals surface area (Å²) >= 11 is 1.27. The molecule has 0 fully saturated rings. The molecule has 0 saturated heterocycles. The van der Waals surface area contributed by atoms with Gasteiger partial charge in [-0.25, -0.2) is 15.0 Å². The topological polar surface area (TPSA) is 166 Å². The molecule has 0 bridgehead atoms. The number of anilines is 1. The van der Waals surface area contributed by atoms with Crippen LogP contribution in [0.5, 0.6) is 5.75 Å². The van der Waals surface area contributed by atoms with Crippen LogP contribution in [0, 0.1) is 10.1 Å². The molecule has 41 heavy (non-hydrogen) atoms. The van der Waals surface area contributed by atoms with Gasteiger partial charge in [-0.05, 0) is 62.4 Å². The first-order valence-corrected chi connectivity index (χ1v) is 13.6. The molecule has 2 N–H and O–H groups in total. The van der Waals surface area contributed by atoms with Crippen molar-refractivity contribution in [2.45, 2.75) is 39.0 Å². The maximum atomic E-state index is 12.7. The molecule has 0 radical (unpaired) electrons. The van der Waals surface area contributed by atoms with Gasteiger partial charge in [-0.1, -0.05) is 18.6 Å². The van der Waals surface area contributed by atoms with Crippen molar-refractivity contribution >= 4 is 52.0 Å². The first-order chi connectivity index (χ1) is 19.8. The number of rotatable bonds is 8. The van der Waals surface area contributed by atoms with Crippen LogP contribution >= 0.6 is 11.3 Å². The lowest BCUT2D eigenvalue weighted by Gasteiger charge is -2.08. The van der Waals surface area contributed by atoms with Gasteiger partial charge in [-0.2, -0.15) is 5.10 Å². The van der Waals surface area contributed by atoms with Gasteiger partial charge in [-0.15, -0.1) is 11.3 Å². The highest BCUT2D eigenvalue weighted by Gasteiger charge is 2.28. The number of amides is 2. The molecule has 4 rings (SSSR count). The fourth-order valence-electron chi connectivity index (χ4n) is 4.18. The Morgan fingerprint density at radius 1 is 1.00 bits per heavy atom. The number of carbonyl (C=O) groups is 4. The summed E-state index contributed by atoms with van der Waals surface area (Å²) in [4.78, 5) is 61.6. The number of nitro benzene ring substituents is 1. The van der Waals surface area contributed by atoms with Crippen molar-refractivity contribution in [3.63, 3.8) is 0 Å². The summed E-state index contributed by atoms with van der Waals surface area (Å²) in [5.74, 6) is -3.27. The SMILES string of the molecule is CCOC(=O)c1c(NC(=O)C(=O)N/N=C/c2ccccc2OC(=O)c2ccc([N+](=O)[O-])cc2)sc2c1CCCCC2. The fourth-order valence-corrected chi connectivity index (χ4v) is 5.45. The Balaban J connectivity index is 1.42. The van der Waals surface area contributed by atoms with E-state index in [9.17, 15) is 29.3 Å². The van der Waals surface area contributed by atoms with Crippen LogP contribution in [0.1, 0.15) is 62.9 Å². The molecule has 0 spiro atoms. The standard InChI is InChI=1S/C28H26N4O8S/c1-2-39-28(36)23-20-9-4-3-5-11-22(20)41-26(23)30-24(33)25(34)31-29-16-18-8-6-7-10-21(18)40-27(35)17-12-14-19(15-13-17)32(37)38/h6-8,10,12-16H,2-5,9,11H2,1H3,(H,30,33)(H,31,34)/b29-16+. The number of hydrazone groups is 1. The van der Waals surface area contributed by atoms with E-state index in [1.165, 1.54) is 47.9 Å². The zero-order valence-corrected chi connectivity index (χ0v) is 22.8. The lowest BCUT2D eigenvalue weighted by Crippen LogP contribution is -2.32. The number of nitrogens with zero attached hydrogens (tertiary/aromatic N) is 2. The largest absolute Gasteiger partial charge is 0.462 e. The Kier molecular flexibility index (Phi) is 9.53. The molecule has 3 aromatic rings. The number of carbonyl (C=O) groups excluding carboxylic acids is 4. The summed E-state index contributed by atoms with van der Waals surface area (Å²) in [7, 11) is 0. The van der Waals surface area contributed by atoms with Crippen LogP contribution in [-0.4, -0.2) is 41.5 Å². The van der Waals surface area contributed by atoms with E-state index in [2.05, 4.69) is 15.8 Å². The zero-order valence-electron chi connectivity index (χ0n) is 22.0. The molecule has 1 aromatic heterocycles. The second-order valence-electron chi connectivity index (χ2n) is 8.87. The third-order valence-corrected chi connectivity index (χ3v) is 7.35. The average Bonchev–Trinajstić information content (AvgIpc) is 3.13. The third-order valence-electron chi connectivity index (χ3n) is 6.14. The van der Waals surface area contributed by atoms with Crippen LogP contribution in [-0.2, 0) is 27.2 Å². The number of thiophene rings is 1. The first-order valence-electron chi connectivity index (χ1n) is 12.8. The number of benzene rings is 2. The van der Waals surface area contributed by atoms with E-state index in [0.29, 0.717) is 17.5 Å². The lowest BCUT2D eigenvalue weighted by atomic mass is 10.1. The van der Waals surface area contributed by atoms with Crippen LogP contribution in [0.3, 0.4) is 0 Å². The van der Waals surface area contributed by atoms with E-state index >= 15 is 0 Å². The highest BCUT2D eigenvalue weighted by atomic mass is 32.1. The van der Waals surface area contributed by atoms with Gasteiger partial charge in [0.2, 0.25) is 0 Å². The van der Waals surface area contributed by atoms with Crippen LogP contribution in [0.2, 0.25) is 0 Å². The number of aryl methyl sites for hydroxylation is 1. The minimum atomic E-state index is -1.07. The highest BCUT2D eigenvalue weighted by molar-refractivity contribution is 7.17. The van der Waals surface area contributed by atoms with Crippen LogP contribution in [0.15, 0.2) is 53.6 Å². The molecular weight excluding hydrogens is 552 g/mol. The predicted octanol–water partition coefficient (Wildman–Crippen LogP) is 4.41. The number of para-hydroxylation sites is 1. The molecule has 12 nitrogen and oxygen atoms in total. The molecule has 0 saturated carbocycles. The summed E-state index contributed by atoms with van der Waals surface area (Å²) in [6.07, 6.45) is 5.62. The maximum Gasteiger partial charge on any atom is 0.343 e. The Hall–Kier alpha value is -4.91. The number of nitro groups is 1. The fraction of sp³-hybridized carbons (Fsp3) is 0.250. The molecule has 2 amide bonds. The quantitative estimate of drug-likeness (QED) is 0.0754. The Labute approximate surface area is 238 Å². The summed E-state index contributed by atoms with van der Waals surface area (Å²) in [6, 6.07) is 11.3. The van der Waals surface area contributed by atoms with Crippen molar-refractivity contribution in [3.8, 4) is 5.75 Å². The Morgan fingerprint density at radius 3 is 2.46 bits per heavy atom. The molecule has 2 aromatic carbocycles. The van der Waals surface area contributed by atoms with Gasteiger partial charge in [0.1, 0.15) is 10.8 Å². The van der Waals surface area contributed by atoms with Gasteiger partial charge < -0.3 is 14.8 Å². The number of hydrogen-bond acceptors (Lipinski definition) is 10.